The third-order valence-corrected chi connectivity index (χ3v) is 11.0. The van der Waals surface area contributed by atoms with Crippen molar-refractivity contribution in [3.63, 3.8) is 0 Å². The van der Waals surface area contributed by atoms with Crippen LogP contribution < -0.4 is 16.6 Å². The van der Waals surface area contributed by atoms with Crippen molar-refractivity contribution in [3.05, 3.63) is 52.8 Å². The first-order chi connectivity index (χ1) is 16.0. The van der Waals surface area contributed by atoms with Gasteiger partial charge in [0.2, 0.25) is 5.91 Å². The molecular weight excluding hydrogens is 475 g/mol. The maximum atomic E-state index is 14.2. The average molecular weight is 512 g/mol. The monoisotopic (exact) mass is 511 g/mol. The molecule has 1 heterocycles. The minimum absolute atomic E-state index is 0.0627. The summed E-state index contributed by atoms with van der Waals surface area (Å²) in [6, 6.07) is 10.6. The molecule has 0 spiro atoms. The van der Waals surface area contributed by atoms with Crippen molar-refractivity contribution < 1.29 is 22.4 Å². The molecule has 0 aliphatic heterocycles. The Kier molecular flexibility index (Phi) is 8.65. The largest absolute Gasteiger partial charge is 0.415 e. The standard InChI is InChI=1S/C25H36F3N3O3Si/c1-16(2)21(22(25(26,27)28)34-35(6,7)24(3,4)5)30-20(32)15-31-19(14-13-18(29)23(31)33)17-11-9-8-10-12-17/h8-14,16,21-22H,15,29H2,1-7H3,(H,30,32). The van der Waals surface area contributed by atoms with Gasteiger partial charge in [-0.3, -0.25) is 14.2 Å². The van der Waals surface area contributed by atoms with E-state index in [9.17, 15) is 22.8 Å². The molecule has 1 amide bonds. The van der Waals surface area contributed by atoms with Crippen molar-refractivity contribution >= 4 is 19.9 Å². The lowest BCUT2D eigenvalue weighted by atomic mass is 9.98. The topological polar surface area (TPSA) is 86.4 Å². The normalized spacial score (nSPS) is 14.6. The van der Waals surface area contributed by atoms with Gasteiger partial charge in [-0.2, -0.15) is 13.2 Å². The van der Waals surface area contributed by atoms with Crippen LogP contribution in [0.5, 0.6) is 0 Å². The SMILES string of the molecule is CC(C)C(NC(=O)Cn1c(-c2ccccc2)ccc(N)c1=O)C(O[Si](C)(C)C(C)(C)C)C(F)(F)F. The highest BCUT2D eigenvalue weighted by Gasteiger charge is 2.52. The van der Waals surface area contributed by atoms with Crippen LogP contribution in [0.15, 0.2) is 47.3 Å². The molecule has 194 valence electrons. The second kappa shape index (κ2) is 10.6. The number of aromatic nitrogens is 1. The molecule has 0 saturated heterocycles. The highest BCUT2D eigenvalue weighted by atomic mass is 28.4. The summed E-state index contributed by atoms with van der Waals surface area (Å²) < 4.78 is 49.6. The molecule has 0 aliphatic rings. The number of rotatable bonds is 8. The molecular formula is C25H36F3N3O3Si. The second-order valence-corrected chi connectivity index (χ2v) is 15.4. The number of nitrogens with two attached hydrogens (primary N) is 1. The highest BCUT2D eigenvalue weighted by molar-refractivity contribution is 6.74. The Morgan fingerprint density at radius 3 is 2.14 bits per heavy atom. The molecule has 0 saturated carbocycles. The molecule has 0 aliphatic carbocycles. The molecule has 2 rings (SSSR count). The zero-order valence-electron chi connectivity index (χ0n) is 21.4. The van der Waals surface area contributed by atoms with Gasteiger partial charge < -0.3 is 15.5 Å². The molecule has 35 heavy (non-hydrogen) atoms. The van der Waals surface area contributed by atoms with Crippen LogP contribution in [0, 0.1) is 5.92 Å². The maximum absolute atomic E-state index is 14.2. The van der Waals surface area contributed by atoms with Gasteiger partial charge in [0.05, 0.1) is 17.4 Å². The molecule has 0 fully saturated rings. The molecule has 2 atom stereocenters. The number of nitrogens with zero attached hydrogens (tertiary/aromatic N) is 1. The predicted octanol–water partition coefficient (Wildman–Crippen LogP) is 5.19. The van der Waals surface area contributed by atoms with E-state index in [0.29, 0.717) is 11.3 Å². The van der Waals surface area contributed by atoms with E-state index < -0.39 is 55.6 Å². The van der Waals surface area contributed by atoms with Crippen molar-refractivity contribution in [1.82, 2.24) is 9.88 Å². The van der Waals surface area contributed by atoms with Gasteiger partial charge in [-0.05, 0) is 41.7 Å². The highest BCUT2D eigenvalue weighted by Crippen LogP contribution is 2.41. The van der Waals surface area contributed by atoms with Crippen molar-refractivity contribution in [1.29, 1.82) is 0 Å². The summed E-state index contributed by atoms with van der Waals surface area (Å²) in [5.41, 5.74) is 6.24. The van der Waals surface area contributed by atoms with E-state index >= 15 is 0 Å². The Morgan fingerprint density at radius 2 is 1.66 bits per heavy atom. The van der Waals surface area contributed by atoms with Crippen LogP contribution in [0.1, 0.15) is 34.6 Å². The Morgan fingerprint density at radius 1 is 1.09 bits per heavy atom. The Bertz CT molecular complexity index is 1080. The van der Waals surface area contributed by atoms with Crippen molar-refractivity contribution in [2.45, 2.75) is 77.6 Å². The third-order valence-electron chi connectivity index (χ3n) is 6.50. The van der Waals surface area contributed by atoms with E-state index in [4.69, 9.17) is 10.2 Å². The zero-order chi connectivity index (χ0) is 26.8. The number of amides is 1. The molecule has 0 bridgehead atoms. The third kappa shape index (κ3) is 6.97. The minimum Gasteiger partial charge on any atom is -0.404 e. The zero-order valence-corrected chi connectivity index (χ0v) is 22.4. The lowest BCUT2D eigenvalue weighted by Crippen LogP contribution is -2.59. The number of carbonyl (C=O) groups is 1. The number of alkyl halides is 3. The van der Waals surface area contributed by atoms with Crippen molar-refractivity contribution in [2.24, 2.45) is 5.92 Å². The van der Waals surface area contributed by atoms with E-state index in [1.54, 1.807) is 57.3 Å². The number of carbonyl (C=O) groups excluding carboxylic acids is 1. The quantitative estimate of drug-likeness (QED) is 0.478. The minimum atomic E-state index is -4.69. The number of pyridine rings is 1. The fourth-order valence-corrected chi connectivity index (χ4v) is 4.69. The number of nitrogen functional groups attached to an aromatic ring is 1. The van der Waals surface area contributed by atoms with Crippen LogP contribution in [0.25, 0.3) is 11.3 Å². The maximum Gasteiger partial charge on any atom is 0.415 e. The summed E-state index contributed by atoms with van der Waals surface area (Å²) in [6.07, 6.45) is -6.88. The number of hydrogen-bond acceptors (Lipinski definition) is 4. The first-order valence-corrected chi connectivity index (χ1v) is 14.4. The summed E-state index contributed by atoms with van der Waals surface area (Å²) in [7, 11) is -2.82. The van der Waals surface area contributed by atoms with Gasteiger partial charge in [-0.15, -0.1) is 0 Å². The number of hydrogen-bond donors (Lipinski definition) is 2. The van der Waals surface area contributed by atoms with Gasteiger partial charge >= 0.3 is 6.18 Å². The van der Waals surface area contributed by atoms with Gasteiger partial charge in [0.25, 0.3) is 5.56 Å². The van der Waals surface area contributed by atoms with E-state index in [1.165, 1.54) is 10.6 Å². The second-order valence-electron chi connectivity index (χ2n) is 10.6. The summed E-state index contributed by atoms with van der Waals surface area (Å²) in [4.78, 5) is 25.8. The average Bonchev–Trinajstić information content (AvgIpc) is 2.73. The van der Waals surface area contributed by atoms with Crippen LogP contribution >= 0.6 is 0 Å². The van der Waals surface area contributed by atoms with Crippen LogP contribution in [-0.4, -0.2) is 37.1 Å². The van der Waals surface area contributed by atoms with Crippen LogP contribution in [0.3, 0.4) is 0 Å². The Hall–Kier alpha value is -2.59. The predicted molar refractivity (Wildman–Crippen MR) is 135 cm³/mol. The summed E-state index contributed by atoms with van der Waals surface area (Å²) >= 11 is 0. The van der Waals surface area contributed by atoms with Crippen molar-refractivity contribution in [3.8, 4) is 11.3 Å². The first kappa shape index (κ1) is 28.6. The Balaban J connectivity index is 2.41. The van der Waals surface area contributed by atoms with Gasteiger partial charge in [0, 0.05) is 0 Å². The number of anilines is 1. The summed E-state index contributed by atoms with van der Waals surface area (Å²) in [5, 5.41) is 2.05. The molecule has 3 N–H and O–H groups in total. The van der Waals surface area contributed by atoms with Crippen LogP contribution in [0.2, 0.25) is 18.1 Å². The van der Waals surface area contributed by atoms with Gasteiger partial charge in [-0.25, -0.2) is 0 Å². The van der Waals surface area contributed by atoms with E-state index in [0.717, 1.165) is 0 Å². The lowest BCUT2D eigenvalue weighted by Gasteiger charge is -2.42. The molecule has 2 aromatic rings. The van der Waals surface area contributed by atoms with Gasteiger partial charge in [0.1, 0.15) is 6.54 Å². The van der Waals surface area contributed by atoms with Gasteiger partial charge in [0.15, 0.2) is 14.4 Å². The fourth-order valence-electron chi connectivity index (χ4n) is 3.42. The van der Waals surface area contributed by atoms with Crippen LogP contribution in [-0.2, 0) is 15.8 Å². The molecule has 2 unspecified atom stereocenters. The van der Waals surface area contributed by atoms with E-state index in [1.807, 2.05) is 26.8 Å². The van der Waals surface area contributed by atoms with Gasteiger partial charge in [-0.1, -0.05) is 65.0 Å². The molecule has 1 aromatic carbocycles. The van der Waals surface area contributed by atoms with E-state index in [-0.39, 0.29) is 5.69 Å². The molecule has 1 aromatic heterocycles. The molecule has 6 nitrogen and oxygen atoms in total. The van der Waals surface area contributed by atoms with Crippen LogP contribution in [0.4, 0.5) is 18.9 Å². The van der Waals surface area contributed by atoms with Crippen molar-refractivity contribution in [2.75, 3.05) is 5.73 Å². The number of nitrogens with one attached hydrogen (secondary N) is 1. The molecule has 0 radical (unpaired) electrons. The summed E-state index contributed by atoms with van der Waals surface area (Å²) in [6.45, 7) is 11.8. The summed E-state index contributed by atoms with van der Waals surface area (Å²) in [5.74, 6) is -1.32. The fraction of sp³-hybridized carbons (Fsp3) is 0.520. The molecule has 10 heteroatoms. The Labute approximate surface area is 205 Å². The lowest BCUT2D eigenvalue weighted by molar-refractivity contribution is -0.210. The first-order valence-electron chi connectivity index (χ1n) is 11.5. The smallest absolute Gasteiger partial charge is 0.404 e. The van der Waals surface area contributed by atoms with E-state index in [2.05, 4.69) is 5.32 Å². The number of benzene rings is 1. The number of halogens is 3.